The number of carbonyl (C=O) groups is 2. The maximum atomic E-state index is 12.0. The second-order valence-corrected chi connectivity index (χ2v) is 5.45. The summed E-state index contributed by atoms with van der Waals surface area (Å²) in [7, 11) is 1.26. The summed E-state index contributed by atoms with van der Waals surface area (Å²) in [6.07, 6.45) is 0.697. The van der Waals surface area contributed by atoms with Gasteiger partial charge in [0, 0.05) is 11.6 Å². The van der Waals surface area contributed by atoms with Gasteiger partial charge in [-0.05, 0) is 25.0 Å². The lowest BCUT2D eigenvalue weighted by Gasteiger charge is -2.21. The smallest absolute Gasteiger partial charge is 0.328 e. The zero-order valence-electron chi connectivity index (χ0n) is 14.2. The van der Waals surface area contributed by atoms with E-state index in [1.54, 1.807) is 6.92 Å². The molecule has 0 aliphatic heterocycles. The summed E-state index contributed by atoms with van der Waals surface area (Å²) in [6.45, 7) is 5.02. The Labute approximate surface area is 140 Å². The van der Waals surface area contributed by atoms with Crippen molar-refractivity contribution in [3.05, 3.63) is 33.9 Å². The van der Waals surface area contributed by atoms with Crippen LogP contribution in [0.4, 0.5) is 5.69 Å². The van der Waals surface area contributed by atoms with Crippen LogP contribution in [0.3, 0.4) is 0 Å². The standard InChI is InChI=1S/C16H22N2O6/c1-5-10(2)15(16(20)23-4)17-14(19)9-24-12-6-7-13(18(21)22)11(3)8-12/h6-8,10,15H,5,9H2,1-4H3,(H,17,19)/t10-,15+/m1/s1. The van der Waals surface area contributed by atoms with Crippen molar-refractivity contribution in [3.8, 4) is 5.75 Å². The van der Waals surface area contributed by atoms with E-state index in [1.807, 2.05) is 13.8 Å². The molecule has 132 valence electrons. The lowest BCUT2D eigenvalue weighted by atomic mass is 9.99. The first kappa shape index (κ1) is 19.4. The van der Waals surface area contributed by atoms with Crippen molar-refractivity contribution in [2.24, 2.45) is 5.92 Å². The zero-order valence-corrected chi connectivity index (χ0v) is 14.2. The van der Waals surface area contributed by atoms with Crippen molar-refractivity contribution in [1.29, 1.82) is 0 Å². The number of nitrogens with zero attached hydrogens (tertiary/aromatic N) is 1. The molecule has 8 nitrogen and oxygen atoms in total. The maximum Gasteiger partial charge on any atom is 0.328 e. The summed E-state index contributed by atoms with van der Waals surface area (Å²) in [5.74, 6) is -0.722. The number of hydrogen-bond donors (Lipinski definition) is 1. The third-order valence-corrected chi connectivity index (χ3v) is 3.72. The van der Waals surface area contributed by atoms with Crippen LogP contribution in [0.15, 0.2) is 18.2 Å². The minimum Gasteiger partial charge on any atom is -0.484 e. The number of nitro benzene ring substituents is 1. The number of amides is 1. The molecular weight excluding hydrogens is 316 g/mol. The fourth-order valence-electron chi connectivity index (χ4n) is 2.08. The van der Waals surface area contributed by atoms with Crippen molar-refractivity contribution in [1.82, 2.24) is 5.32 Å². The van der Waals surface area contributed by atoms with E-state index in [0.29, 0.717) is 17.7 Å². The molecule has 0 bridgehead atoms. The fraction of sp³-hybridized carbons (Fsp3) is 0.500. The summed E-state index contributed by atoms with van der Waals surface area (Å²) in [5, 5.41) is 13.3. The maximum absolute atomic E-state index is 12.0. The summed E-state index contributed by atoms with van der Waals surface area (Å²) in [5.41, 5.74) is 0.416. The largest absolute Gasteiger partial charge is 0.484 e. The van der Waals surface area contributed by atoms with Gasteiger partial charge < -0.3 is 14.8 Å². The van der Waals surface area contributed by atoms with Crippen LogP contribution in [0.5, 0.6) is 5.75 Å². The third kappa shape index (κ3) is 5.22. The molecule has 0 aliphatic carbocycles. The minimum atomic E-state index is -0.741. The second kappa shape index (κ2) is 8.85. The third-order valence-electron chi connectivity index (χ3n) is 3.72. The number of esters is 1. The number of nitrogens with one attached hydrogen (secondary N) is 1. The summed E-state index contributed by atoms with van der Waals surface area (Å²) in [6, 6.07) is 3.48. The number of methoxy groups -OCH3 is 1. The monoisotopic (exact) mass is 338 g/mol. The van der Waals surface area contributed by atoms with Gasteiger partial charge in [-0.3, -0.25) is 14.9 Å². The molecule has 2 atom stereocenters. The number of aryl methyl sites for hydroxylation is 1. The lowest BCUT2D eigenvalue weighted by molar-refractivity contribution is -0.385. The molecule has 1 aromatic rings. The topological polar surface area (TPSA) is 108 Å². The first-order valence-corrected chi connectivity index (χ1v) is 7.55. The number of hydrogen-bond acceptors (Lipinski definition) is 6. The number of nitro groups is 1. The molecule has 0 saturated carbocycles. The van der Waals surface area contributed by atoms with Crippen molar-refractivity contribution in [3.63, 3.8) is 0 Å². The number of benzene rings is 1. The summed E-state index contributed by atoms with van der Waals surface area (Å²) in [4.78, 5) is 34.0. The van der Waals surface area contributed by atoms with Gasteiger partial charge in [-0.25, -0.2) is 4.79 Å². The minimum absolute atomic E-state index is 0.0191. The number of ether oxygens (including phenoxy) is 2. The Hall–Kier alpha value is -2.64. The molecule has 0 aromatic heterocycles. The Morgan fingerprint density at radius 1 is 1.38 bits per heavy atom. The highest BCUT2D eigenvalue weighted by Crippen LogP contribution is 2.22. The molecule has 1 amide bonds. The van der Waals surface area contributed by atoms with Crippen LogP contribution in [0, 0.1) is 23.0 Å². The van der Waals surface area contributed by atoms with Gasteiger partial charge in [-0.2, -0.15) is 0 Å². The van der Waals surface area contributed by atoms with Gasteiger partial charge in [-0.15, -0.1) is 0 Å². The van der Waals surface area contributed by atoms with Crippen LogP contribution < -0.4 is 10.1 Å². The normalized spacial score (nSPS) is 12.8. The van der Waals surface area contributed by atoms with Gasteiger partial charge in [0.15, 0.2) is 6.61 Å². The summed E-state index contributed by atoms with van der Waals surface area (Å²) < 4.78 is 10.0. The number of rotatable bonds is 8. The van der Waals surface area contributed by atoms with E-state index in [-0.39, 0.29) is 18.2 Å². The lowest BCUT2D eigenvalue weighted by Crippen LogP contribution is -2.47. The molecular formula is C16H22N2O6. The molecule has 0 radical (unpaired) electrons. The highest BCUT2D eigenvalue weighted by Gasteiger charge is 2.26. The van der Waals surface area contributed by atoms with E-state index in [2.05, 4.69) is 5.32 Å². The molecule has 1 rings (SSSR count). The van der Waals surface area contributed by atoms with E-state index >= 15 is 0 Å². The molecule has 1 aromatic carbocycles. The Balaban J connectivity index is 2.66. The molecule has 0 heterocycles. The highest BCUT2D eigenvalue weighted by molar-refractivity contribution is 5.85. The van der Waals surface area contributed by atoms with Crippen LogP contribution in [0.25, 0.3) is 0 Å². The molecule has 8 heteroatoms. The van der Waals surface area contributed by atoms with Crippen LogP contribution in [-0.4, -0.2) is 36.6 Å². The molecule has 0 aliphatic rings. The predicted octanol–water partition coefficient (Wildman–Crippen LogP) is 1.99. The van der Waals surface area contributed by atoms with Gasteiger partial charge in [0.05, 0.1) is 12.0 Å². The van der Waals surface area contributed by atoms with Crippen LogP contribution in [0.2, 0.25) is 0 Å². The SMILES string of the molecule is CC[C@@H](C)[C@H](NC(=O)COc1ccc([N+](=O)[O-])c(C)c1)C(=O)OC. The zero-order chi connectivity index (χ0) is 18.3. The quantitative estimate of drug-likeness (QED) is 0.441. The van der Waals surface area contributed by atoms with Crippen molar-refractivity contribution >= 4 is 17.6 Å². The molecule has 0 unspecified atom stereocenters. The van der Waals surface area contributed by atoms with Crippen molar-refractivity contribution < 1.29 is 24.0 Å². The van der Waals surface area contributed by atoms with E-state index in [4.69, 9.17) is 9.47 Å². The number of carbonyl (C=O) groups excluding carboxylic acids is 2. The van der Waals surface area contributed by atoms with Gasteiger partial charge in [0.2, 0.25) is 0 Å². The van der Waals surface area contributed by atoms with E-state index in [9.17, 15) is 19.7 Å². The summed E-state index contributed by atoms with van der Waals surface area (Å²) >= 11 is 0. The van der Waals surface area contributed by atoms with Crippen LogP contribution in [0.1, 0.15) is 25.8 Å². The molecule has 24 heavy (non-hydrogen) atoms. The van der Waals surface area contributed by atoms with E-state index in [1.165, 1.54) is 25.3 Å². The predicted molar refractivity (Wildman–Crippen MR) is 86.7 cm³/mol. The van der Waals surface area contributed by atoms with E-state index < -0.39 is 22.8 Å². The molecule has 0 saturated heterocycles. The molecule has 0 spiro atoms. The first-order chi connectivity index (χ1) is 11.3. The van der Waals surface area contributed by atoms with Gasteiger partial charge in [-0.1, -0.05) is 20.3 Å². The van der Waals surface area contributed by atoms with Crippen LogP contribution in [-0.2, 0) is 14.3 Å². The first-order valence-electron chi connectivity index (χ1n) is 7.55. The van der Waals surface area contributed by atoms with Crippen molar-refractivity contribution in [2.75, 3.05) is 13.7 Å². The average molecular weight is 338 g/mol. The second-order valence-electron chi connectivity index (χ2n) is 5.45. The Bertz CT molecular complexity index is 617. The van der Waals surface area contributed by atoms with E-state index in [0.717, 1.165) is 0 Å². The highest BCUT2D eigenvalue weighted by atomic mass is 16.6. The fourth-order valence-corrected chi connectivity index (χ4v) is 2.08. The van der Waals surface area contributed by atoms with Crippen LogP contribution >= 0.6 is 0 Å². The Morgan fingerprint density at radius 3 is 2.54 bits per heavy atom. The Morgan fingerprint density at radius 2 is 2.04 bits per heavy atom. The Kier molecular flexibility index (Phi) is 7.16. The average Bonchev–Trinajstić information content (AvgIpc) is 2.56. The van der Waals surface area contributed by atoms with Gasteiger partial charge in [0.25, 0.3) is 11.6 Å². The molecule has 1 N–H and O–H groups in total. The van der Waals surface area contributed by atoms with Gasteiger partial charge >= 0.3 is 5.97 Å². The van der Waals surface area contributed by atoms with Gasteiger partial charge in [0.1, 0.15) is 11.8 Å². The molecule has 0 fully saturated rings. The van der Waals surface area contributed by atoms with Crippen molar-refractivity contribution in [2.45, 2.75) is 33.2 Å².